The molecule has 0 fully saturated rings. The van der Waals surface area contributed by atoms with E-state index in [9.17, 15) is 0 Å². The van der Waals surface area contributed by atoms with Crippen LogP contribution in [0.5, 0.6) is 5.75 Å². The van der Waals surface area contributed by atoms with Crippen LogP contribution in [0.4, 0.5) is 0 Å². The maximum atomic E-state index is 5.48. The second-order valence-corrected chi connectivity index (χ2v) is 4.46. The van der Waals surface area contributed by atoms with Gasteiger partial charge in [-0.05, 0) is 45.9 Å². The minimum atomic E-state index is 0.434. The van der Waals surface area contributed by atoms with Gasteiger partial charge in [-0.15, -0.1) is 5.10 Å². The first-order valence-electron chi connectivity index (χ1n) is 4.41. The van der Waals surface area contributed by atoms with Crippen molar-refractivity contribution in [2.24, 2.45) is 15.9 Å². The monoisotopic (exact) mass is 301 g/mol. The Hall–Kier alpha value is -1.01. The lowest BCUT2D eigenvalue weighted by molar-refractivity contribution is 0.412. The van der Waals surface area contributed by atoms with Crippen LogP contribution in [-0.2, 0) is 0 Å². The number of benzene rings is 1. The predicted octanol–water partition coefficient (Wildman–Crippen LogP) is 2.47. The molecule has 0 heterocycles. The Morgan fingerprint density at radius 3 is 2.88 bits per heavy atom. The van der Waals surface area contributed by atoms with Gasteiger partial charge in [-0.3, -0.25) is 0 Å². The Balaban J connectivity index is 2.79. The Morgan fingerprint density at radius 2 is 2.31 bits per heavy atom. The average molecular weight is 302 g/mol. The fourth-order valence-corrected chi connectivity index (χ4v) is 1.64. The second kappa shape index (κ2) is 6.55. The molecule has 0 aromatic heterocycles. The van der Waals surface area contributed by atoms with Gasteiger partial charge in [0.05, 0.1) is 17.8 Å². The third-order valence-electron chi connectivity index (χ3n) is 1.75. The van der Waals surface area contributed by atoms with Gasteiger partial charge in [0.25, 0.3) is 0 Å². The molecule has 0 amide bonds. The summed E-state index contributed by atoms with van der Waals surface area (Å²) in [7, 11) is 1.62. The van der Waals surface area contributed by atoms with Crippen LogP contribution in [0, 0.1) is 0 Å². The fraction of sp³-hybridized carbons (Fsp3) is 0.200. The quantitative estimate of drug-likeness (QED) is 0.530. The Labute approximate surface area is 107 Å². The van der Waals surface area contributed by atoms with E-state index in [-0.39, 0.29) is 0 Å². The first-order chi connectivity index (χ1) is 7.67. The fourth-order valence-electron chi connectivity index (χ4n) is 0.956. The van der Waals surface area contributed by atoms with Crippen LogP contribution in [-0.4, -0.2) is 24.7 Å². The molecule has 1 rings (SSSR count). The normalized spacial score (nSPS) is 12.1. The molecule has 0 aliphatic rings. The van der Waals surface area contributed by atoms with E-state index in [2.05, 4.69) is 26.1 Å². The second-order valence-electron chi connectivity index (χ2n) is 2.78. The molecule has 2 N–H and O–H groups in total. The van der Waals surface area contributed by atoms with E-state index in [1.54, 1.807) is 13.3 Å². The molecule has 6 heteroatoms. The number of hydrogen-bond donors (Lipinski definition) is 1. The third kappa shape index (κ3) is 3.86. The van der Waals surface area contributed by atoms with Crippen molar-refractivity contribution in [3.63, 3.8) is 0 Å². The maximum Gasteiger partial charge on any atom is 0.180 e. The summed E-state index contributed by atoms with van der Waals surface area (Å²) in [6, 6.07) is 5.64. The summed E-state index contributed by atoms with van der Waals surface area (Å²) in [6.07, 6.45) is 3.48. The number of nitrogens with zero attached hydrogens (tertiary/aromatic N) is 2. The summed E-state index contributed by atoms with van der Waals surface area (Å²) in [5, 5.41) is 8.09. The highest BCUT2D eigenvalue weighted by atomic mass is 79.9. The maximum absolute atomic E-state index is 5.48. The van der Waals surface area contributed by atoms with Crippen molar-refractivity contribution in [1.82, 2.24) is 0 Å². The molecule has 0 radical (unpaired) electrons. The number of methoxy groups -OCH3 is 1. The lowest BCUT2D eigenvalue weighted by Crippen LogP contribution is -2.03. The first-order valence-corrected chi connectivity index (χ1v) is 6.43. The Bertz CT molecular complexity index is 421. The van der Waals surface area contributed by atoms with Crippen LogP contribution < -0.4 is 10.5 Å². The summed E-state index contributed by atoms with van der Waals surface area (Å²) >= 11 is 4.74. The lowest BCUT2D eigenvalue weighted by atomic mass is 10.2. The van der Waals surface area contributed by atoms with Gasteiger partial charge in [-0.1, -0.05) is 11.8 Å². The SMILES string of the molecule is COc1ccc(/C=N\N=C(/N)SC)cc1Br. The molecule has 0 aliphatic carbocycles. The van der Waals surface area contributed by atoms with Crippen molar-refractivity contribution in [1.29, 1.82) is 0 Å². The molecule has 0 unspecified atom stereocenters. The van der Waals surface area contributed by atoms with Crippen molar-refractivity contribution in [3.05, 3.63) is 28.2 Å². The number of halogens is 1. The van der Waals surface area contributed by atoms with Crippen molar-refractivity contribution in [2.75, 3.05) is 13.4 Å². The van der Waals surface area contributed by atoms with E-state index in [4.69, 9.17) is 10.5 Å². The number of hydrogen-bond acceptors (Lipinski definition) is 4. The summed E-state index contributed by atoms with van der Waals surface area (Å²) in [4.78, 5) is 0. The van der Waals surface area contributed by atoms with E-state index < -0.39 is 0 Å². The molecule has 4 nitrogen and oxygen atoms in total. The van der Waals surface area contributed by atoms with Crippen LogP contribution in [0.3, 0.4) is 0 Å². The van der Waals surface area contributed by atoms with Crippen molar-refractivity contribution < 1.29 is 4.74 Å². The first kappa shape index (κ1) is 13.1. The average Bonchev–Trinajstić information content (AvgIpc) is 2.29. The number of thioether (sulfide) groups is 1. The van der Waals surface area contributed by atoms with Gasteiger partial charge >= 0.3 is 0 Å². The zero-order valence-electron chi connectivity index (χ0n) is 8.98. The summed E-state index contributed by atoms with van der Waals surface area (Å²) in [6.45, 7) is 0. The molecule has 16 heavy (non-hydrogen) atoms. The van der Waals surface area contributed by atoms with Crippen LogP contribution in [0.1, 0.15) is 5.56 Å². The lowest BCUT2D eigenvalue weighted by Gasteiger charge is -2.02. The molecule has 0 saturated heterocycles. The smallest absolute Gasteiger partial charge is 0.180 e. The van der Waals surface area contributed by atoms with E-state index in [0.29, 0.717) is 5.17 Å². The zero-order valence-corrected chi connectivity index (χ0v) is 11.4. The van der Waals surface area contributed by atoms with E-state index in [0.717, 1.165) is 15.8 Å². The molecular formula is C10H12BrN3OS. The van der Waals surface area contributed by atoms with E-state index in [1.807, 2.05) is 24.5 Å². The molecular weight excluding hydrogens is 290 g/mol. The van der Waals surface area contributed by atoms with Crippen LogP contribution in [0.25, 0.3) is 0 Å². The predicted molar refractivity (Wildman–Crippen MR) is 73.4 cm³/mol. The minimum absolute atomic E-state index is 0.434. The van der Waals surface area contributed by atoms with E-state index in [1.165, 1.54) is 11.8 Å². The van der Waals surface area contributed by atoms with Crippen molar-refractivity contribution in [2.45, 2.75) is 0 Å². The topological polar surface area (TPSA) is 60.0 Å². The summed E-state index contributed by atoms with van der Waals surface area (Å²) in [5.74, 6) is 0.782. The highest BCUT2D eigenvalue weighted by molar-refractivity contribution is 9.10. The van der Waals surface area contributed by atoms with E-state index >= 15 is 0 Å². The van der Waals surface area contributed by atoms with Crippen LogP contribution >= 0.6 is 27.7 Å². The molecule has 0 aliphatic heterocycles. The van der Waals surface area contributed by atoms with Crippen LogP contribution in [0.2, 0.25) is 0 Å². The highest BCUT2D eigenvalue weighted by Gasteiger charge is 1.99. The number of rotatable bonds is 3. The Morgan fingerprint density at radius 1 is 1.56 bits per heavy atom. The van der Waals surface area contributed by atoms with Gasteiger partial charge in [0.15, 0.2) is 5.17 Å². The molecule has 0 atom stereocenters. The van der Waals surface area contributed by atoms with Crippen LogP contribution in [0.15, 0.2) is 32.9 Å². The molecule has 0 spiro atoms. The van der Waals surface area contributed by atoms with Gasteiger partial charge in [0.2, 0.25) is 0 Å². The molecule has 86 valence electrons. The largest absolute Gasteiger partial charge is 0.496 e. The Kier molecular flexibility index (Phi) is 5.34. The van der Waals surface area contributed by atoms with Gasteiger partial charge in [0, 0.05) is 0 Å². The van der Waals surface area contributed by atoms with Crippen molar-refractivity contribution in [3.8, 4) is 5.75 Å². The summed E-state index contributed by atoms with van der Waals surface area (Å²) < 4.78 is 5.99. The molecule has 1 aromatic rings. The number of nitrogens with two attached hydrogens (primary N) is 1. The standard InChI is InChI=1S/C10H12BrN3OS/c1-15-9-4-3-7(5-8(9)11)6-13-14-10(12)16-2/h3-6H,1-2H3,(H2,12,14)/b13-6-. The number of ether oxygens (including phenoxy) is 1. The molecule has 0 bridgehead atoms. The van der Waals surface area contributed by atoms with Gasteiger partial charge < -0.3 is 10.5 Å². The minimum Gasteiger partial charge on any atom is -0.496 e. The molecule has 0 saturated carbocycles. The summed E-state index contributed by atoms with van der Waals surface area (Å²) in [5.41, 5.74) is 6.40. The van der Waals surface area contributed by atoms with Gasteiger partial charge in [0.1, 0.15) is 5.75 Å². The zero-order chi connectivity index (χ0) is 12.0. The highest BCUT2D eigenvalue weighted by Crippen LogP contribution is 2.24. The van der Waals surface area contributed by atoms with Crippen molar-refractivity contribution >= 4 is 39.1 Å². The third-order valence-corrected chi connectivity index (χ3v) is 2.87. The number of amidine groups is 1. The van der Waals surface area contributed by atoms with Gasteiger partial charge in [-0.25, -0.2) is 0 Å². The van der Waals surface area contributed by atoms with Gasteiger partial charge in [-0.2, -0.15) is 5.10 Å². The molecule has 1 aromatic carbocycles.